The van der Waals surface area contributed by atoms with Gasteiger partial charge in [-0.1, -0.05) is 0 Å². The predicted octanol–water partition coefficient (Wildman–Crippen LogP) is 4.80. The molecule has 0 atom stereocenters. The first-order valence-electron chi connectivity index (χ1n) is 11.8. The van der Waals surface area contributed by atoms with Crippen molar-refractivity contribution in [2.24, 2.45) is 0 Å². The van der Waals surface area contributed by atoms with E-state index in [0.29, 0.717) is 14.9 Å². The highest BCUT2D eigenvalue weighted by Gasteiger charge is 2.44. The molecule has 13 heteroatoms. The highest BCUT2D eigenvalue weighted by molar-refractivity contribution is 14.1. The fourth-order valence-corrected chi connectivity index (χ4v) is 4.26. The van der Waals surface area contributed by atoms with Crippen LogP contribution in [0.15, 0.2) is 54.6 Å². The van der Waals surface area contributed by atoms with Crippen LogP contribution in [0.3, 0.4) is 0 Å². The number of halogens is 4. The largest absolute Gasteiger partial charge is 0.481 e. The molecule has 0 bridgehead atoms. The molecular weight excluding hydrogens is 644 g/mol. The molecule has 1 heterocycles. The first-order valence-corrected chi connectivity index (χ1v) is 12.9. The van der Waals surface area contributed by atoms with Gasteiger partial charge in [-0.25, -0.2) is 13.2 Å². The lowest BCUT2D eigenvalue weighted by Crippen LogP contribution is -2.66. The Hall–Kier alpha value is -3.85. The molecule has 0 aromatic heterocycles. The van der Waals surface area contributed by atoms with Crippen LogP contribution in [0.2, 0.25) is 0 Å². The number of amides is 2. The number of likely N-dealkylation sites (tertiary alicyclic amines) is 1. The Labute approximate surface area is 241 Å². The van der Waals surface area contributed by atoms with Crippen molar-refractivity contribution in [1.82, 2.24) is 4.90 Å². The maximum atomic E-state index is 14.6. The normalized spacial score (nSPS) is 13.3. The molecule has 3 aromatic rings. The molecule has 0 unspecified atom stereocenters. The second-order valence-corrected chi connectivity index (χ2v) is 10.3. The molecule has 1 aliphatic rings. The van der Waals surface area contributed by atoms with Gasteiger partial charge in [-0.3, -0.25) is 14.4 Å². The number of carbonyl (C=O) groups is 3. The zero-order chi connectivity index (χ0) is 29.6. The van der Waals surface area contributed by atoms with E-state index in [1.807, 2.05) is 22.6 Å². The summed E-state index contributed by atoms with van der Waals surface area (Å²) in [5.41, 5.74) is -0.672. The lowest BCUT2D eigenvalue weighted by molar-refractivity contribution is -0.134. The molecule has 1 fully saturated rings. The van der Waals surface area contributed by atoms with Crippen molar-refractivity contribution in [3.8, 4) is 0 Å². The molecule has 0 spiro atoms. The van der Waals surface area contributed by atoms with Crippen molar-refractivity contribution in [1.29, 1.82) is 0 Å². The number of carboxylic acids is 1. The Balaban J connectivity index is 0.00000103. The van der Waals surface area contributed by atoms with Crippen molar-refractivity contribution in [2.45, 2.75) is 19.4 Å². The van der Waals surface area contributed by atoms with Gasteiger partial charge in [0.2, 0.25) is 5.91 Å². The number of aliphatic carboxylic acids is 1. The van der Waals surface area contributed by atoms with E-state index in [9.17, 15) is 27.9 Å². The van der Waals surface area contributed by atoms with Crippen molar-refractivity contribution >= 4 is 63.1 Å². The summed E-state index contributed by atoms with van der Waals surface area (Å²) in [6.45, 7) is 2.54. The van der Waals surface area contributed by atoms with Gasteiger partial charge < -0.3 is 31.1 Å². The Morgan fingerprint density at radius 1 is 0.950 bits per heavy atom. The third kappa shape index (κ3) is 8.08. The highest BCUT2D eigenvalue weighted by Crippen LogP contribution is 2.32. The van der Waals surface area contributed by atoms with Gasteiger partial charge >= 0.3 is 0 Å². The Bertz CT molecular complexity index is 1410. The number of benzene rings is 3. The fourth-order valence-electron chi connectivity index (χ4n) is 3.81. The second-order valence-electron chi connectivity index (χ2n) is 9.05. The van der Waals surface area contributed by atoms with Gasteiger partial charge in [0.05, 0.1) is 30.0 Å². The number of carboxylic acid groups (broad SMARTS) is 1. The van der Waals surface area contributed by atoms with Crippen molar-refractivity contribution in [3.05, 3.63) is 81.2 Å². The zero-order valence-corrected chi connectivity index (χ0v) is 23.6. The molecule has 1 aliphatic heterocycles. The Morgan fingerprint density at radius 3 is 2.12 bits per heavy atom. The van der Waals surface area contributed by atoms with Crippen LogP contribution < -0.4 is 16.0 Å². The van der Waals surface area contributed by atoms with Crippen molar-refractivity contribution < 1.29 is 37.8 Å². The monoisotopic (exact) mass is 670 g/mol. The van der Waals surface area contributed by atoms with Crippen LogP contribution in [0.5, 0.6) is 0 Å². The van der Waals surface area contributed by atoms with Crippen LogP contribution in [0.4, 0.5) is 35.9 Å². The molecule has 212 valence electrons. The van der Waals surface area contributed by atoms with E-state index >= 15 is 0 Å². The molecule has 4 rings (SSSR count). The van der Waals surface area contributed by atoms with E-state index < -0.39 is 40.6 Å². The van der Waals surface area contributed by atoms with Crippen LogP contribution in [0.1, 0.15) is 24.2 Å². The second kappa shape index (κ2) is 13.0. The molecule has 0 aliphatic carbocycles. The minimum atomic E-state index is -1.31. The average Bonchev–Trinajstić information content (AvgIpc) is 2.85. The zero-order valence-electron chi connectivity index (χ0n) is 21.4. The molecule has 1 saturated heterocycles. The van der Waals surface area contributed by atoms with Crippen LogP contribution >= 0.6 is 22.6 Å². The van der Waals surface area contributed by atoms with Gasteiger partial charge in [-0.2, -0.15) is 0 Å². The SMILES string of the molecule is CC(=O)Nc1ccc(NCC2(O)CN(C(=O)c3ccc(F)c(F)c3Nc3ccc(I)cc3F)C2)cc1.CC(=O)O. The number of carbonyl (C=O) groups excluding carboxylic acids is 2. The summed E-state index contributed by atoms with van der Waals surface area (Å²) in [5.74, 6) is -4.83. The number of hydrogen-bond acceptors (Lipinski definition) is 6. The molecule has 0 saturated carbocycles. The summed E-state index contributed by atoms with van der Waals surface area (Å²) in [5, 5.41) is 26.4. The molecule has 0 radical (unpaired) electrons. The highest BCUT2D eigenvalue weighted by atomic mass is 127. The molecule has 2 amide bonds. The number of hydrogen-bond donors (Lipinski definition) is 5. The van der Waals surface area contributed by atoms with Gasteiger partial charge in [0.25, 0.3) is 11.9 Å². The first-order chi connectivity index (χ1) is 18.8. The van der Waals surface area contributed by atoms with Gasteiger partial charge in [-0.15, -0.1) is 0 Å². The van der Waals surface area contributed by atoms with E-state index in [4.69, 9.17) is 9.90 Å². The smallest absolute Gasteiger partial charge is 0.300 e. The molecular formula is C27H26F3IN4O5. The molecule has 3 aromatic carbocycles. The lowest BCUT2D eigenvalue weighted by Gasteiger charge is -2.46. The van der Waals surface area contributed by atoms with Crippen LogP contribution in [-0.2, 0) is 9.59 Å². The summed E-state index contributed by atoms with van der Waals surface area (Å²) in [7, 11) is 0. The first kappa shape index (κ1) is 30.7. The quantitative estimate of drug-likeness (QED) is 0.229. The van der Waals surface area contributed by atoms with E-state index in [0.717, 1.165) is 19.1 Å². The summed E-state index contributed by atoms with van der Waals surface area (Å²) in [6.07, 6.45) is 0. The number of aliphatic hydroxyl groups is 1. The third-order valence-electron chi connectivity index (χ3n) is 5.60. The number of nitrogens with zero attached hydrogens (tertiary/aromatic N) is 1. The average molecular weight is 670 g/mol. The van der Waals surface area contributed by atoms with Crippen LogP contribution in [-0.4, -0.2) is 58.1 Å². The van der Waals surface area contributed by atoms with E-state index in [2.05, 4.69) is 16.0 Å². The number of anilines is 4. The predicted molar refractivity (Wildman–Crippen MR) is 152 cm³/mol. The number of β-amino-alcohol motifs (C(OH)–C–C–N with tert-alkyl or cyclic N) is 1. The number of rotatable bonds is 7. The van der Waals surface area contributed by atoms with Gasteiger partial charge in [0.15, 0.2) is 11.6 Å². The number of nitrogens with one attached hydrogen (secondary N) is 3. The van der Waals surface area contributed by atoms with Crippen molar-refractivity contribution in [2.75, 3.05) is 35.6 Å². The summed E-state index contributed by atoms with van der Waals surface area (Å²) in [4.78, 5) is 34.5. The van der Waals surface area contributed by atoms with Crippen LogP contribution in [0.25, 0.3) is 0 Å². The molecule has 40 heavy (non-hydrogen) atoms. The van der Waals surface area contributed by atoms with Gasteiger partial charge in [0.1, 0.15) is 11.4 Å². The van der Waals surface area contributed by atoms with Crippen molar-refractivity contribution in [3.63, 3.8) is 0 Å². The summed E-state index contributed by atoms with van der Waals surface area (Å²) in [6, 6.07) is 13.0. The van der Waals surface area contributed by atoms with Gasteiger partial charge in [-0.05, 0) is 77.2 Å². The van der Waals surface area contributed by atoms with E-state index in [1.165, 1.54) is 24.0 Å². The minimum absolute atomic E-state index is 0.0425. The third-order valence-corrected chi connectivity index (χ3v) is 6.27. The minimum Gasteiger partial charge on any atom is -0.481 e. The van der Waals surface area contributed by atoms with Gasteiger partial charge in [0, 0.05) is 35.3 Å². The summed E-state index contributed by atoms with van der Waals surface area (Å²) >= 11 is 1.92. The molecule has 5 N–H and O–H groups in total. The Kier molecular flexibility index (Phi) is 9.98. The fraction of sp³-hybridized carbons (Fsp3) is 0.222. The maximum Gasteiger partial charge on any atom is 0.300 e. The van der Waals surface area contributed by atoms with E-state index in [1.54, 1.807) is 30.3 Å². The van der Waals surface area contributed by atoms with E-state index in [-0.39, 0.29) is 36.8 Å². The Morgan fingerprint density at radius 2 is 1.55 bits per heavy atom. The lowest BCUT2D eigenvalue weighted by atomic mass is 9.92. The van der Waals surface area contributed by atoms with Crippen LogP contribution in [0, 0.1) is 21.0 Å². The maximum absolute atomic E-state index is 14.6. The molecule has 9 nitrogen and oxygen atoms in total. The standard InChI is InChI=1S/C25H22F3IN4O3.C2H4O2/c1-14(34)31-17-5-3-16(4-6-17)30-11-25(36)12-33(13-25)24(35)18-7-8-19(26)22(28)23(18)32-21-9-2-15(29)10-20(21)27;1-2(3)4/h2-10,30,32,36H,11-13H2,1H3,(H,31,34);1H3,(H,3,4). The topological polar surface area (TPSA) is 131 Å². The summed E-state index contributed by atoms with van der Waals surface area (Å²) < 4.78 is 43.5.